The maximum atomic E-state index is 15.7. The van der Waals surface area contributed by atoms with E-state index in [-0.39, 0.29) is 54.7 Å². The van der Waals surface area contributed by atoms with Crippen LogP contribution in [-0.2, 0) is 6.54 Å². The van der Waals surface area contributed by atoms with Crippen LogP contribution in [0.25, 0.3) is 50.0 Å². The molecule has 2 aliphatic heterocycles. The summed E-state index contributed by atoms with van der Waals surface area (Å²) in [5, 5.41) is 3.87. The first kappa shape index (κ1) is 50.7. The molecule has 0 spiro atoms. The summed E-state index contributed by atoms with van der Waals surface area (Å²) in [5.74, 6) is 8.70. The third-order valence-electron chi connectivity index (χ3n) is 13.1. The molecule has 2 atom stereocenters. The van der Waals surface area contributed by atoms with Gasteiger partial charge in [-0.3, -0.25) is 14.8 Å². The van der Waals surface area contributed by atoms with E-state index >= 15 is 8.78 Å². The molecule has 364 valence electrons. The van der Waals surface area contributed by atoms with Crippen LogP contribution in [-0.4, -0.2) is 79.2 Å². The van der Waals surface area contributed by atoms with Gasteiger partial charge in [0.05, 0.1) is 47.7 Å². The Balaban J connectivity index is 0.00000329. The number of ether oxygens (including phenoxy) is 2. The van der Waals surface area contributed by atoms with E-state index in [2.05, 4.69) is 21.9 Å². The van der Waals surface area contributed by atoms with Crippen LogP contribution in [0.15, 0.2) is 122 Å². The van der Waals surface area contributed by atoms with E-state index in [1.54, 1.807) is 71.7 Å². The summed E-state index contributed by atoms with van der Waals surface area (Å²) < 4.78 is 45.6. The predicted molar refractivity (Wildman–Crippen MR) is 280 cm³/mol. The summed E-state index contributed by atoms with van der Waals surface area (Å²) in [6.07, 6.45) is 7.00. The molecule has 5 heterocycles. The molecule has 0 saturated carbocycles. The molecule has 10 rings (SSSR count). The number of hydrazine groups is 1. The van der Waals surface area contributed by atoms with Gasteiger partial charge in [0, 0.05) is 63.5 Å². The first-order chi connectivity index (χ1) is 33.1. The lowest BCUT2D eigenvalue weighted by atomic mass is 9.91. The second-order valence-corrected chi connectivity index (χ2v) is 18.2. The summed E-state index contributed by atoms with van der Waals surface area (Å²) in [5.41, 5.74) is 4.81. The van der Waals surface area contributed by atoms with E-state index in [1.165, 1.54) is 12.1 Å². The molecule has 2 N–H and O–H groups in total. The van der Waals surface area contributed by atoms with Crippen LogP contribution in [0.1, 0.15) is 57.0 Å². The minimum absolute atomic E-state index is 0. The number of hydrogen-bond acceptors (Lipinski definition) is 10. The minimum Gasteiger partial charge on any atom is -0.492 e. The van der Waals surface area contributed by atoms with Crippen molar-refractivity contribution in [1.29, 1.82) is 0 Å². The molecule has 2 unspecified atom stereocenters. The number of halogens is 6. The molecule has 17 heteroatoms. The monoisotopic (exact) mass is 1030 g/mol. The van der Waals surface area contributed by atoms with Gasteiger partial charge in [0.2, 0.25) is 5.95 Å². The Morgan fingerprint density at radius 3 is 1.80 bits per heavy atom. The van der Waals surface area contributed by atoms with E-state index in [0.29, 0.717) is 92.8 Å². The van der Waals surface area contributed by atoms with Crippen LogP contribution in [0.4, 0.5) is 14.7 Å². The third-order valence-corrected chi connectivity index (χ3v) is 13.6. The number of likely N-dealkylation sites (tertiary alicyclic amines) is 2. The fourth-order valence-electron chi connectivity index (χ4n) is 9.92. The van der Waals surface area contributed by atoms with Crippen LogP contribution >= 0.6 is 48.0 Å². The molecule has 2 aliphatic rings. The maximum Gasteiger partial charge on any atom is 0.241 e. The minimum atomic E-state index is -0.418. The molecule has 2 saturated heterocycles. The van der Waals surface area contributed by atoms with Crippen molar-refractivity contribution in [3.8, 4) is 39.7 Å². The molecule has 0 amide bonds. The van der Waals surface area contributed by atoms with Crippen molar-refractivity contribution in [3.63, 3.8) is 0 Å². The van der Waals surface area contributed by atoms with Crippen molar-refractivity contribution in [1.82, 2.24) is 34.3 Å². The van der Waals surface area contributed by atoms with Crippen LogP contribution in [0.2, 0.25) is 10.0 Å². The summed E-state index contributed by atoms with van der Waals surface area (Å²) in [4.78, 5) is 25.3. The van der Waals surface area contributed by atoms with Gasteiger partial charge in [-0.15, -0.1) is 24.8 Å². The smallest absolute Gasteiger partial charge is 0.241 e. The van der Waals surface area contributed by atoms with Crippen molar-refractivity contribution in [2.45, 2.75) is 64.2 Å². The van der Waals surface area contributed by atoms with Gasteiger partial charge in [-0.2, -0.15) is 0 Å². The van der Waals surface area contributed by atoms with E-state index < -0.39 is 5.82 Å². The Morgan fingerprint density at radius 2 is 1.23 bits per heavy atom. The molecule has 2 fully saturated rings. The average molecular weight is 1030 g/mol. The Kier molecular flexibility index (Phi) is 16.1. The molecular formula is C53H53Cl4F2N9O2. The highest BCUT2D eigenvalue weighted by molar-refractivity contribution is 6.31. The summed E-state index contributed by atoms with van der Waals surface area (Å²) in [6, 6.07) is 31.8. The lowest BCUT2D eigenvalue weighted by Gasteiger charge is -2.47. The van der Waals surface area contributed by atoms with Gasteiger partial charge in [-0.05, 0) is 143 Å². The number of anilines is 1. The highest BCUT2D eigenvalue weighted by Crippen LogP contribution is 2.41. The number of nitrogens with zero attached hydrogens (tertiary/aromatic N) is 8. The van der Waals surface area contributed by atoms with E-state index in [4.69, 9.17) is 58.5 Å². The number of aromatic nitrogens is 5. The summed E-state index contributed by atoms with van der Waals surface area (Å²) in [7, 11) is 0. The van der Waals surface area contributed by atoms with Gasteiger partial charge in [0.15, 0.2) is 0 Å². The number of nitrogens with two attached hydrogens (primary N) is 1. The highest BCUT2D eigenvalue weighted by Gasteiger charge is 2.40. The predicted octanol–water partition coefficient (Wildman–Crippen LogP) is 12.5. The molecular weight excluding hydrogens is 974 g/mol. The zero-order valence-electron chi connectivity index (χ0n) is 38.7. The molecule has 5 aromatic carbocycles. The van der Waals surface area contributed by atoms with Gasteiger partial charge in [-0.1, -0.05) is 47.5 Å². The quantitative estimate of drug-likeness (QED) is 0.0885. The standard InChI is InChI=1S/C53H51Cl2F2N9O2.2ClH/c1-3-67-47-27-33(28-48(68-4-2)51(47)64-22-9-10-23-64)32-63-24-19-36(20-25-63)65-26-21-37(66(58)53-60-45-18-16-35(55)30-41(45)50(62-53)39-12-6-8-14-43(39)57)31-46(65)52-59-44-17-15-34(54)29-40(44)49(61-52)38-11-5-7-13-42(38)56;;/h5-18,22-23,27-30,36-37,46H,3-4,19-21,24-26,31-32,58H2,1-2H3;2*1H. The molecule has 3 aromatic heterocycles. The van der Waals surface area contributed by atoms with Crippen molar-refractivity contribution in [2.75, 3.05) is 37.9 Å². The Labute approximate surface area is 428 Å². The van der Waals surface area contributed by atoms with Gasteiger partial charge in [0.25, 0.3) is 0 Å². The second-order valence-electron chi connectivity index (χ2n) is 17.3. The lowest BCUT2D eigenvalue weighted by molar-refractivity contribution is 0.0377. The Hall–Kier alpha value is -5.64. The van der Waals surface area contributed by atoms with Gasteiger partial charge in [0.1, 0.15) is 34.6 Å². The molecule has 8 aromatic rings. The second kappa shape index (κ2) is 22.2. The van der Waals surface area contributed by atoms with Crippen LogP contribution < -0.4 is 20.3 Å². The van der Waals surface area contributed by atoms with E-state index in [0.717, 1.165) is 55.2 Å². The number of hydrogen-bond donors (Lipinski definition) is 1. The molecule has 0 aliphatic carbocycles. The zero-order chi connectivity index (χ0) is 46.9. The van der Waals surface area contributed by atoms with Crippen molar-refractivity contribution in [3.05, 3.63) is 155 Å². The number of rotatable bonds is 13. The lowest BCUT2D eigenvalue weighted by Crippen LogP contribution is -2.54. The maximum absolute atomic E-state index is 15.7. The fourth-order valence-corrected chi connectivity index (χ4v) is 10.3. The van der Waals surface area contributed by atoms with Crippen LogP contribution in [0.3, 0.4) is 0 Å². The first-order valence-electron chi connectivity index (χ1n) is 23.2. The summed E-state index contributed by atoms with van der Waals surface area (Å²) >= 11 is 13.0. The van der Waals surface area contributed by atoms with Gasteiger partial charge in [-0.25, -0.2) is 34.6 Å². The van der Waals surface area contributed by atoms with Gasteiger partial charge >= 0.3 is 0 Å². The van der Waals surface area contributed by atoms with Gasteiger partial charge < -0.3 is 14.0 Å². The third kappa shape index (κ3) is 10.4. The fraction of sp³-hybridized carbons (Fsp3) is 0.283. The van der Waals surface area contributed by atoms with Crippen molar-refractivity contribution < 1.29 is 18.3 Å². The average Bonchev–Trinajstić information content (AvgIpc) is 3.89. The topological polar surface area (TPSA) is 111 Å². The number of benzene rings is 5. The van der Waals surface area contributed by atoms with Crippen LogP contribution in [0, 0.1) is 11.6 Å². The number of fused-ring (bicyclic) bond motifs is 2. The SMILES string of the molecule is CCOc1cc(CN2CCC(N3CCC(N(N)c4nc(-c5ccccc5F)c5cc(Cl)ccc5n4)CC3c3nc(-c4ccccc4F)c4cc(Cl)ccc4n3)CC2)cc(OCC)c1-n1cccc1.Cl.Cl. The van der Waals surface area contributed by atoms with Crippen LogP contribution in [0.5, 0.6) is 11.5 Å². The molecule has 70 heavy (non-hydrogen) atoms. The zero-order valence-corrected chi connectivity index (χ0v) is 41.8. The van der Waals surface area contributed by atoms with E-state index in [1.807, 2.05) is 49.0 Å². The molecule has 0 radical (unpaired) electrons. The highest BCUT2D eigenvalue weighted by atomic mass is 35.5. The molecule has 0 bridgehead atoms. The largest absolute Gasteiger partial charge is 0.492 e. The Bertz CT molecular complexity index is 3080. The first-order valence-corrected chi connectivity index (χ1v) is 23.9. The Morgan fingerprint density at radius 1 is 0.671 bits per heavy atom. The van der Waals surface area contributed by atoms with Crippen molar-refractivity contribution >= 4 is 75.8 Å². The number of piperidine rings is 2. The normalized spacial score (nSPS) is 16.7. The van der Waals surface area contributed by atoms with E-state index in [9.17, 15) is 0 Å². The summed E-state index contributed by atoms with van der Waals surface area (Å²) in [6.45, 7) is 8.18. The molecule has 11 nitrogen and oxygen atoms in total. The van der Waals surface area contributed by atoms with Crippen molar-refractivity contribution in [2.24, 2.45) is 5.84 Å².